The maximum absolute atomic E-state index is 12.2. The largest absolute Gasteiger partial charge is 0.293 e. The maximum Gasteiger partial charge on any atom is 0.228 e. The zero-order valence-corrected chi connectivity index (χ0v) is 13.0. The predicted octanol–water partition coefficient (Wildman–Crippen LogP) is 4.08. The predicted molar refractivity (Wildman–Crippen MR) is 89.4 cm³/mol. The van der Waals surface area contributed by atoms with Crippen LogP contribution in [0.5, 0.6) is 0 Å². The minimum Gasteiger partial charge on any atom is -0.293 e. The molecular formula is C19H16N2O2. The monoisotopic (exact) mass is 304 g/mol. The highest BCUT2D eigenvalue weighted by Gasteiger charge is 2.22. The molecule has 0 fully saturated rings. The molecule has 0 aliphatic carbocycles. The highest BCUT2D eigenvalue weighted by Crippen LogP contribution is 2.33. The van der Waals surface area contributed by atoms with Gasteiger partial charge in [-0.25, -0.2) is 0 Å². The summed E-state index contributed by atoms with van der Waals surface area (Å²) in [5.74, 6) is -0.342. The molecule has 1 aromatic carbocycles. The maximum atomic E-state index is 12.2. The van der Waals surface area contributed by atoms with Gasteiger partial charge in [-0.2, -0.15) is 0 Å². The molecule has 23 heavy (non-hydrogen) atoms. The van der Waals surface area contributed by atoms with Gasteiger partial charge >= 0.3 is 0 Å². The Morgan fingerprint density at radius 3 is 2.22 bits per heavy atom. The molecule has 3 aromatic rings. The van der Waals surface area contributed by atoms with Gasteiger partial charge in [-0.1, -0.05) is 30.3 Å². The Kier molecular flexibility index (Phi) is 3.89. The smallest absolute Gasteiger partial charge is 0.228 e. The molecule has 0 saturated carbocycles. The first-order chi connectivity index (χ1) is 11.1. The average Bonchev–Trinajstić information content (AvgIpc) is 2.97. The van der Waals surface area contributed by atoms with Crippen molar-refractivity contribution in [3.8, 4) is 22.4 Å². The van der Waals surface area contributed by atoms with Crippen LogP contribution in [-0.2, 0) is 0 Å². The summed E-state index contributed by atoms with van der Waals surface area (Å²) >= 11 is 0. The highest BCUT2D eigenvalue weighted by atomic mass is 16.2. The van der Waals surface area contributed by atoms with Crippen LogP contribution >= 0.6 is 0 Å². The Bertz CT molecular complexity index is 793. The Hall–Kier alpha value is -3.01. The lowest BCUT2D eigenvalue weighted by Crippen LogP contribution is -2.14. The number of benzene rings is 1. The molecule has 114 valence electrons. The highest BCUT2D eigenvalue weighted by molar-refractivity contribution is 6.05. The second kappa shape index (κ2) is 6.01. The van der Waals surface area contributed by atoms with Gasteiger partial charge in [-0.05, 0) is 23.8 Å². The van der Waals surface area contributed by atoms with Crippen LogP contribution < -0.4 is 0 Å². The van der Waals surface area contributed by atoms with Crippen molar-refractivity contribution in [1.82, 2.24) is 9.55 Å². The van der Waals surface area contributed by atoms with Crippen LogP contribution in [-0.4, -0.2) is 21.2 Å². The van der Waals surface area contributed by atoms with E-state index in [0.29, 0.717) is 11.4 Å². The number of carbonyl (C=O) groups is 2. The summed E-state index contributed by atoms with van der Waals surface area (Å²) in [5, 5.41) is 0. The van der Waals surface area contributed by atoms with Gasteiger partial charge in [0.1, 0.15) is 0 Å². The fourth-order valence-corrected chi connectivity index (χ4v) is 2.75. The Morgan fingerprint density at radius 2 is 1.65 bits per heavy atom. The van der Waals surface area contributed by atoms with E-state index in [-0.39, 0.29) is 11.7 Å². The van der Waals surface area contributed by atoms with Gasteiger partial charge in [0, 0.05) is 37.4 Å². The van der Waals surface area contributed by atoms with E-state index >= 15 is 0 Å². The standard InChI is InChI=1S/C19H16N2O2/c1-13(22)19-17(15-7-4-3-5-8-15)11-18(21(19)14(2)23)16-9-6-10-20-12-16/h3-12H,1-2H3. The minimum absolute atomic E-state index is 0.144. The molecule has 4 nitrogen and oxygen atoms in total. The molecule has 0 bridgehead atoms. The van der Waals surface area contributed by atoms with E-state index < -0.39 is 0 Å². The number of carbonyl (C=O) groups excluding carboxylic acids is 2. The first-order valence-electron chi connectivity index (χ1n) is 7.33. The zero-order chi connectivity index (χ0) is 16.4. The molecule has 0 aliphatic heterocycles. The van der Waals surface area contributed by atoms with E-state index in [1.807, 2.05) is 48.5 Å². The zero-order valence-electron chi connectivity index (χ0n) is 13.0. The molecule has 0 spiro atoms. The van der Waals surface area contributed by atoms with Gasteiger partial charge in [0.25, 0.3) is 0 Å². The Balaban J connectivity index is 2.34. The lowest BCUT2D eigenvalue weighted by Gasteiger charge is -2.09. The molecule has 3 rings (SSSR count). The van der Waals surface area contributed by atoms with E-state index in [4.69, 9.17) is 0 Å². The van der Waals surface area contributed by atoms with Gasteiger partial charge < -0.3 is 0 Å². The van der Waals surface area contributed by atoms with Crippen LogP contribution in [0.1, 0.15) is 29.1 Å². The SMILES string of the molecule is CC(=O)c1c(-c2ccccc2)cc(-c2cccnc2)n1C(C)=O. The fraction of sp³-hybridized carbons (Fsp3) is 0.105. The van der Waals surface area contributed by atoms with Gasteiger partial charge in [-0.3, -0.25) is 19.1 Å². The molecule has 0 radical (unpaired) electrons. The fourth-order valence-electron chi connectivity index (χ4n) is 2.75. The number of nitrogens with zero attached hydrogens (tertiary/aromatic N) is 2. The van der Waals surface area contributed by atoms with Crippen LogP contribution in [0, 0.1) is 0 Å². The summed E-state index contributed by atoms with van der Waals surface area (Å²) in [6, 6.07) is 15.2. The summed E-state index contributed by atoms with van der Waals surface area (Å²) in [4.78, 5) is 28.5. The molecular weight excluding hydrogens is 288 g/mol. The lowest BCUT2D eigenvalue weighted by molar-refractivity contribution is 0.0911. The minimum atomic E-state index is -0.198. The quantitative estimate of drug-likeness (QED) is 0.685. The van der Waals surface area contributed by atoms with Crippen LogP contribution in [0.15, 0.2) is 60.9 Å². The van der Waals surface area contributed by atoms with E-state index in [2.05, 4.69) is 4.98 Å². The van der Waals surface area contributed by atoms with Crippen molar-refractivity contribution >= 4 is 11.7 Å². The van der Waals surface area contributed by atoms with Crippen molar-refractivity contribution in [3.05, 3.63) is 66.6 Å². The van der Waals surface area contributed by atoms with Gasteiger partial charge in [0.15, 0.2) is 5.78 Å². The molecule has 0 aliphatic rings. The van der Waals surface area contributed by atoms with Crippen LogP contribution in [0.4, 0.5) is 0 Å². The van der Waals surface area contributed by atoms with Crippen LogP contribution in [0.25, 0.3) is 22.4 Å². The van der Waals surface area contributed by atoms with Crippen LogP contribution in [0.2, 0.25) is 0 Å². The van der Waals surface area contributed by atoms with Crippen molar-refractivity contribution < 1.29 is 9.59 Å². The third kappa shape index (κ3) is 2.71. The summed E-state index contributed by atoms with van der Waals surface area (Å²) in [6.45, 7) is 2.94. The topological polar surface area (TPSA) is 52.0 Å². The molecule has 0 unspecified atom stereocenters. The second-order valence-electron chi connectivity index (χ2n) is 5.31. The van der Waals surface area contributed by atoms with E-state index in [9.17, 15) is 9.59 Å². The molecule has 2 aromatic heterocycles. The summed E-state index contributed by atoms with van der Waals surface area (Å²) in [6.07, 6.45) is 3.36. The summed E-state index contributed by atoms with van der Waals surface area (Å²) < 4.78 is 1.47. The molecule has 2 heterocycles. The average molecular weight is 304 g/mol. The Labute approximate surface area is 134 Å². The van der Waals surface area contributed by atoms with Gasteiger partial charge in [0.05, 0.1) is 11.4 Å². The third-order valence-electron chi connectivity index (χ3n) is 3.69. The van der Waals surface area contributed by atoms with Crippen molar-refractivity contribution in [2.24, 2.45) is 0 Å². The molecule has 0 atom stereocenters. The number of ketones is 1. The number of hydrogen-bond acceptors (Lipinski definition) is 3. The number of pyridine rings is 1. The van der Waals surface area contributed by atoms with Crippen molar-refractivity contribution in [3.63, 3.8) is 0 Å². The van der Waals surface area contributed by atoms with Crippen LogP contribution in [0.3, 0.4) is 0 Å². The molecule has 4 heteroatoms. The summed E-state index contributed by atoms with van der Waals surface area (Å²) in [5.41, 5.74) is 3.54. The first-order valence-corrected chi connectivity index (χ1v) is 7.33. The van der Waals surface area contributed by atoms with Crippen molar-refractivity contribution in [2.75, 3.05) is 0 Å². The molecule has 0 amide bonds. The Morgan fingerprint density at radius 1 is 0.957 bits per heavy atom. The number of hydrogen-bond donors (Lipinski definition) is 0. The number of Topliss-reactive ketones (excluding diaryl/α,β-unsaturated/α-hetero) is 1. The molecule has 0 saturated heterocycles. The second-order valence-corrected chi connectivity index (χ2v) is 5.31. The normalized spacial score (nSPS) is 10.5. The van der Waals surface area contributed by atoms with E-state index in [1.54, 1.807) is 12.4 Å². The van der Waals surface area contributed by atoms with E-state index in [1.165, 1.54) is 18.4 Å². The van der Waals surface area contributed by atoms with Crippen molar-refractivity contribution in [2.45, 2.75) is 13.8 Å². The first kappa shape index (κ1) is 14.9. The van der Waals surface area contributed by atoms with E-state index in [0.717, 1.165) is 16.7 Å². The van der Waals surface area contributed by atoms with Gasteiger partial charge in [0.2, 0.25) is 5.91 Å². The van der Waals surface area contributed by atoms with Gasteiger partial charge in [-0.15, -0.1) is 0 Å². The third-order valence-corrected chi connectivity index (χ3v) is 3.69. The summed E-state index contributed by atoms with van der Waals surface area (Å²) in [7, 11) is 0. The number of rotatable bonds is 3. The molecule has 0 N–H and O–H groups in total. The number of aromatic nitrogens is 2. The lowest BCUT2D eigenvalue weighted by atomic mass is 10.0. The van der Waals surface area contributed by atoms with Crippen molar-refractivity contribution in [1.29, 1.82) is 0 Å².